The molecule has 1 atom stereocenters. The third-order valence-corrected chi connectivity index (χ3v) is 7.92. The predicted molar refractivity (Wildman–Crippen MR) is 142 cm³/mol. The second-order valence-electron chi connectivity index (χ2n) is 9.09. The lowest BCUT2D eigenvalue weighted by molar-refractivity contribution is 0.158. The van der Waals surface area contributed by atoms with E-state index >= 15 is 0 Å². The van der Waals surface area contributed by atoms with Gasteiger partial charge in [-0.15, -0.1) is 0 Å². The average molecular weight is 598 g/mol. The summed E-state index contributed by atoms with van der Waals surface area (Å²) in [5.41, 5.74) is 4.11. The summed E-state index contributed by atoms with van der Waals surface area (Å²) >= 11 is 0. The molecule has 0 aliphatic carbocycles. The van der Waals surface area contributed by atoms with Gasteiger partial charge in [0.15, 0.2) is 23.0 Å². The highest BCUT2D eigenvalue weighted by atomic mass is 32.2. The Kier molecular flexibility index (Phi) is 8.74. The summed E-state index contributed by atoms with van der Waals surface area (Å²) in [5, 5.41) is 0. The van der Waals surface area contributed by atoms with Gasteiger partial charge in [0.25, 0.3) is 0 Å². The number of rotatable bonds is 6. The maximum absolute atomic E-state index is 13.7. The van der Waals surface area contributed by atoms with E-state index in [0.717, 1.165) is 30.2 Å². The molecule has 0 bridgehead atoms. The van der Waals surface area contributed by atoms with Crippen molar-refractivity contribution in [2.75, 3.05) is 27.9 Å². The Bertz CT molecular complexity index is 1550. The third kappa shape index (κ3) is 6.57. The maximum atomic E-state index is 13.7. The normalized spacial score (nSPS) is 16.4. The molecule has 40 heavy (non-hydrogen) atoms. The topological polar surface area (TPSA) is 152 Å². The lowest BCUT2D eigenvalue weighted by atomic mass is 9.83. The van der Waals surface area contributed by atoms with Gasteiger partial charge in [0.2, 0.25) is 0 Å². The molecular formula is C26H29FNO10PS. The first-order chi connectivity index (χ1) is 18.8. The number of phosphoric acid groups is 1. The Hall–Kier alpha value is -3.19. The predicted octanol–water partition coefficient (Wildman–Crippen LogP) is 3.35. The van der Waals surface area contributed by atoms with Gasteiger partial charge in [-0.3, -0.25) is 4.90 Å². The Labute approximate surface area is 231 Å². The molecule has 2 aliphatic heterocycles. The van der Waals surface area contributed by atoms with Crippen LogP contribution in [0.5, 0.6) is 23.0 Å². The second-order valence-corrected chi connectivity index (χ2v) is 11.7. The molecule has 0 aromatic heterocycles. The van der Waals surface area contributed by atoms with Crippen molar-refractivity contribution in [1.29, 1.82) is 0 Å². The SMILES string of the molecule is COc1cc2c(cc1OC)C1Cc3ccc(OC)c(OS(=O)(=O)c4cccc(F)c4)c3CN1CC2.O=P(O)(O)O. The molecule has 0 saturated carbocycles. The Morgan fingerprint density at radius 2 is 1.57 bits per heavy atom. The van der Waals surface area contributed by atoms with E-state index in [-0.39, 0.29) is 16.7 Å². The molecule has 0 amide bonds. The zero-order valence-corrected chi connectivity index (χ0v) is 23.6. The van der Waals surface area contributed by atoms with E-state index in [1.54, 1.807) is 20.3 Å². The zero-order chi connectivity index (χ0) is 29.2. The van der Waals surface area contributed by atoms with E-state index in [9.17, 15) is 12.8 Å². The van der Waals surface area contributed by atoms with Gasteiger partial charge in [0.05, 0.1) is 21.3 Å². The van der Waals surface area contributed by atoms with Crippen LogP contribution in [-0.4, -0.2) is 55.9 Å². The average Bonchev–Trinajstić information content (AvgIpc) is 2.90. The molecule has 1 unspecified atom stereocenters. The highest BCUT2D eigenvalue weighted by molar-refractivity contribution is 7.87. The van der Waals surface area contributed by atoms with Gasteiger partial charge >= 0.3 is 17.9 Å². The van der Waals surface area contributed by atoms with Crippen LogP contribution < -0.4 is 18.4 Å². The lowest BCUT2D eigenvalue weighted by Crippen LogP contribution is -2.39. The summed E-state index contributed by atoms with van der Waals surface area (Å²) in [5.74, 6) is 1.19. The van der Waals surface area contributed by atoms with E-state index in [0.29, 0.717) is 30.2 Å². The highest BCUT2D eigenvalue weighted by Gasteiger charge is 2.36. The monoisotopic (exact) mass is 597 g/mol. The largest absolute Gasteiger partial charge is 0.493 e. The smallest absolute Gasteiger partial charge is 0.466 e. The molecule has 0 saturated heterocycles. The first-order valence-corrected chi connectivity index (χ1v) is 15.0. The number of halogens is 1. The van der Waals surface area contributed by atoms with Crippen LogP contribution in [0.25, 0.3) is 0 Å². The number of methoxy groups -OCH3 is 3. The number of nitrogens with zero attached hydrogens (tertiary/aromatic N) is 1. The van der Waals surface area contributed by atoms with Crippen molar-refractivity contribution in [3.05, 3.63) is 76.6 Å². The van der Waals surface area contributed by atoms with E-state index < -0.39 is 23.8 Å². The fraction of sp³-hybridized carbons (Fsp3) is 0.308. The number of hydrogen-bond acceptors (Lipinski definition) is 8. The van der Waals surface area contributed by atoms with Gasteiger partial charge in [-0.05, 0) is 65.9 Å². The van der Waals surface area contributed by atoms with Crippen molar-refractivity contribution < 1.29 is 50.4 Å². The highest BCUT2D eigenvalue weighted by Crippen LogP contribution is 2.46. The van der Waals surface area contributed by atoms with Crippen LogP contribution in [0.3, 0.4) is 0 Å². The fourth-order valence-corrected chi connectivity index (χ4v) is 5.96. The molecule has 0 fully saturated rings. The quantitative estimate of drug-likeness (QED) is 0.283. The van der Waals surface area contributed by atoms with E-state index in [1.165, 1.54) is 36.4 Å². The molecule has 14 heteroatoms. The molecule has 2 heterocycles. The Morgan fingerprint density at radius 3 is 2.20 bits per heavy atom. The summed E-state index contributed by atoms with van der Waals surface area (Å²) < 4.78 is 70.6. The molecule has 216 valence electrons. The number of benzene rings is 3. The van der Waals surface area contributed by atoms with Gasteiger partial charge in [-0.2, -0.15) is 8.42 Å². The van der Waals surface area contributed by atoms with Crippen molar-refractivity contribution in [3.8, 4) is 23.0 Å². The fourth-order valence-electron chi connectivity index (χ4n) is 4.96. The standard InChI is InChI=1S/C26H26FNO6S.H3O4P/c1-31-23-8-7-16-11-22-20-14-25(33-3)24(32-2)12-17(20)9-10-28(22)15-21(16)26(23)34-35(29,30)19-6-4-5-18(27)13-19;1-5(2,3)4/h4-8,12-14,22H,9-11,15H2,1-3H3;(H3,1,2,3,4). The summed E-state index contributed by atoms with van der Waals surface area (Å²) in [7, 11) is -4.19. The number of hydrogen-bond donors (Lipinski definition) is 3. The van der Waals surface area contributed by atoms with Crippen LogP contribution in [0.15, 0.2) is 53.4 Å². The Balaban J connectivity index is 0.000000681. The van der Waals surface area contributed by atoms with Gasteiger partial charge in [-0.25, -0.2) is 8.96 Å². The van der Waals surface area contributed by atoms with Crippen LogP contribution in [0.4, 0.5) is 4.39 Å². The van der Waals surface area contributed by atoms with E-state index in [1.807, 2.05) is 18.2 Å². The molecule has 11 nitrogen and oxygen atoms in total. The summed E-state index contributed by atoms with van der Waals surface area (Å²) in [6, 6.07) is 12.6. The Morgan fingerprint density at radius 1 is 0.925 bits per heavy atom. The van der Waals surface area contributed by atoms with Crippen molar-refractivity contribution in [3.63, 3.8) is 0 Å². The van der Waals surface area contributed by atoms with Crippen LogP contribution in [0.1, 0.15) is 28.3 Å². The second kappa shape index (κ2) is 11.7. The van der Waals surface area contributed by atoms with Crippen molar-refractivity contribution in [2.45, 2.75) is 30.3 Å². The minimum absolute atomic E-state index is 0.104. The molecule has 3 aromatic carbocycles. The van der Waals surface area contributed by atoms with Crippen LogP contribution in [0.2, 0.25) is 0 Å². The molecule has 5 rings (SSSR count). The van der Waals surface area contributed by atoms with Gasteiger partial charge in [0, 0.05) is 24.7 Å². The molecule has 0 radical (unpaired) electrons. The summed E-state index contributed by atoms with van der Waals surface area (Å²) in [4.78, 5) is 23.6. The zero-order valence-electron chi connectivity index (χ0n) is 21.9. The minimum atomic E-state index is -4.64. The minimum Gasteiger partial charge on any atom is -0.493 e. The molecule has 3 N–H and O–H groups in total. The third-order valence-electron chi connectivity index (χ3n) is 6.71. The van der Waals surface area contributed by atoms with Gasteiger partial charge < -0.3 is 33.1 Å². The number of fused-ring (bicyclic) bond motifs is 4. The summed E-state index contributed by atoms with van der Waals surface area (Å²) in [6.07, 6.45) is 1.49. The van der Waals surface area contributed by atoms with Crippen LogP contribution in [-0.2, 0) is 34.1 Å². The first kappa shape index (κ1) is 29.8. The molecule has 0 spiro atoms. The molecule has 2 aliphatic rings. The lowest BCUT2D eigenvalue weighted by Gasteiger charge is -2.42. The van der Waals surface area contributed by atoms with Crippen molar-refractivity contribution in [1.82, 2.24) is 4.90 Å². The van der Waals surface area contributed by atoms with E-state index in [4.69, 9.17) is 37.6 Å². The van der Waals surface area contributed by atoms with Gasteiger partial charge in [0.1, 0.15) is 10.7 Å². The van der Waals surface area contributed by atoms with Crippen LogP contribution in [0, 0.1) is 5.82 Å². The summed E-state index contributed by atoms with van der Waals surface area (Å²) in [6.45, 7) is 1.28. The molecule has 3 aromatic rings. The maximum Gasteiger partial charge on any atom is 0.466 e. The molecular weight excluding hydrogens is 568 g/mol. The van der Waals surface area contributed by atoms with Crippen molar-refractivity contribution in [2.24, 2.45) is 0 Å². The van der Waals surface area contributed by atoms with Gasteiger partial charge in [-0.1, -0.05) is 12.1 Å². The van der Waals surface area contributed by atoms with E-state index in [2.05, 4.69) is 4.90 Å². The number of ether oxygens (including phenoxy) is 3. The first-order valence-electron chi connectivity index (χ1n) is 12.0. The van der Waals surface area contributed by atoms with Crippen LogP contribution >= 0.6 is 7.82 Å². The van der Waals surface area contributed by atoms with Crippen molar-refractivity contribution >= 4 is 17.9 Å².